The minimum absolute atomic E-state index is 0.0283. The fourth-order valence-electron chi connectivity index (χ4n) is 4.90. The van der Waals surface area contributed by atoms with E-state index in [0.29, 0.717) is 17.5 Å². The zero-order chi connectivity index (χ0) is 36.6. The zero-order valence-electron chi connectivity index (χ0n) is 29.8. The third-order valence-corrected chi connectivity index (χ3v) is 7.48. The third-order valence-electron chi connectivity index (χ3n) is 7.48. The Morgan fingerprint density at radius 3 is 1.94 bits per heavy atom. The van der Waals surface area contributed by atoms with Gasteiger partial charge in [-0.05, 0) is 97.6 Å². The molecule has 2 aromatic rings. The average Bonchev–Trinajstić information content (AvgIpc) is 2.94. The molecule has 4 amide bonds. The number of phenols is 1. The minimum atomic E-state index is -1.50. The molecule has 3 atom stereocenters. The molecule has 0 heterocycles. The quantitative estimate of drug-likeness (QED) is 0.224. The highest BCUT2D eigenvalue weighted by Gasteiger charge is 2.44. The Morgan fingerprint density at radius 2 is 1.44 bits per heavy atom. The molecule has 0 fully saturated rings. The van der Waals surface area contributed by atoms with E-state index in [2.05, 4.69) is 10.6 Å². The molecule has 5 N–H and O–H groups in total. The number of primary amides is 1. The van der Waals surface area contributed by atoms with Gasteiger partial charge in [-0.1, -0.05) is 43.3 Å². The molecule has 0 aromatic heterocycles. The molecule has 48 heavy (non-hydrogen) atoms. The van der Waals surface area contributed by atoms with Crippen LogP contribution < -0.4 is 16.4 Å². The summed E-state index contributed by atoms with van der Waals surface area (Å²) in [6.45, 7) is 17.0. The van der Waals surface area contributed by atoms with Gasteiger partial charge in [0.05, 0.1) is 6.42 Å². The lowest BCUT2D eigenvalue weighted by molar-refractivity contribution is -0.159. The highest BCUT2D eigenvalue weighted by molar-refractivity contribution is 5.96. The van der Waals surface area contributed by atoms with Gasteiger partial charge in [-0.25, -0.2) is 9.59 Å². The predicted molar refractivity (Wildman–Crippen MR) is 182 cm³/mol. The van der Waals surface area contributed by atoms with Gasteiger partial charge in [-0.3, -0.25) is 14.4 Å². The summed E-state index contributed by atoms with van der Waals surface area (Å²) in [5.74, 6) is -3.08. The number of aromatic hydroxyl groups is 1. The summed E-state index contributed by atoms with van der Waals surface area (Å²) in [4.78, 5) is 69.0. The maximum absolute atomic E-state index is 14.6. The highest BCUT2D eigenvalue weighted by atomic mass is 16.6. The van der Waals surface area contributed by atoms with Crippen LogP contribution in [0.5, 0.6) is 5.75 Å². The van der Waals surface area contributed by atoms with Gasteiger partial charge in [-0.2, -0.15) is 0 Å². The number of rotatable bonds is 13. The van der Waals surface area contributed by atoms with Crippen molar-refractivity contribution in [1.29, 1.82) is 0 Å². The second-order valence-corrected chi connectivity index (χ2v) is 14.5. The van der Waals surface area contributed by atoms with Crippen LogP contribution in [-0.4, -0.2) is 68.6 Å². The molecule has 0 aliphatic heterocycles. The molecule has 3 unspecified atom stereocenters. The summed E-state index contributed by atoms with van der Waals surface area (Å²) in [6, 6.07) is 9.51. The van der Waals surface area contributed by atoms with Crippen molar-refractivity contribution in [3.63, 3.8) is 0 Å². The van der Waals surface area contributed by atoms with Crippen LogP contribution in [0.1, 0.15) is 97.9 Å². The smallest absolute Gasteiger partial charge is 0.408 e. The number of nitrogens with two attached hydrogens (primary N) is 1. The number of ether oxygens (including phenoxy) is 2. The van der Waals surface area contributed by atoms with Crippen molar-refractivity contribution in [2.45, 2.75) is 123 Å². The van der Waals surface area contributed by atoms with E-state index in [0.717, 1.165) is 5.56 Å². The SMILES string of the molecule is CCC(C)(C)N(C(=O)C(CC(N)=O)NC(=O)OC(C)(C)C)C(C(=O)NC(Cc1ccccc1)C(=O)OC(C)(C)C)c1ccc(O)c(C)c1. The number of phenolic OH excluding ortho intramolecular Hbond substituents is 1. The van der Waals surface area contributed by atoms with Crippen LogP contribution in [-0.2, 0) is 35.1 Å². The molecular weight excluding hydrogens is 616 g/mol. The Labute approximate surface area is 283 Å². The largest absolute Gasteiger partial charge is 0.508 e. The first-order valence-corrected chi connectivity index (χ1v) is 16.0. The number of hydrogen-bond acceptors (Lipinski definition) is 8. The molecule has 0 bridgehead atoms. The van der Waals surface area contributed by atoms with Gasteiger partial charge in [0.15, 0.2) is 0 Å². The van der Waals surface area contributed by atoms with E-state index in [-0.39, 0.29) is 12.2 Å². The van der Waals surface area contributed by atoms with Crippen LogP contribution in [0.15, 0.2) is 48.5 Å². The van der Waals surface area contributed by atoms with Gasteiger partial charge in [0.25, 0.3) is 0 Å². The Bertz CT molecular complexity index is 1460. The fraction of sp³-hybridized carbons (Fsp3) is 0.528. The summed E-state index contributed by atoms with van der Waals surface area (Å²) in [7, 11) is 0. The van der Waals surface area contributed by atoms with Crippen molar-refractivity contribution in [3.05, 3.63) is 65.2 Å². The number of nitrogens with one attached hydrogen (secondary N) is 2. The molecule has 2 rings (SSSR count). The Morgan fingerprint density at radius 1 is 0.854 bits per heavy atom. The summed E-state index contributed by atoms with van der Waals surface area (Å²) < 4.78 is 11.0. The van der Waals surface area contributed by atoms with Crippen LogP contribution in [0, 0.1) is 6.92 Å². The van der Waals surface area contributed by atoms with Gasteiger partial charge < -0.3 is 35.8 Å². The second-order valence-electron chi connectivity index (χ2n) is 14.5. The lowest BCUT2D eigenvalue weighted by Crippen LogP contribution is -2.60. The molecule has 0 saturated carbocycles. The maximum atomic E-state index is 14.6. The van der Waals surface area contributed by atoms with E-state index in [9.17, 15) is 29.1 Å². The number of benzene rings is 2. The van der Waals surface area contributed by atoms with Gasteiger partial charge in [-0.15, -0.1) is 0 Å². The monoisotopic (exact) mass is 668 g/mol. The second kappa shape index (κ2) is 16.0. The molecule has 0 radical (unpaired) electrons. The molecule has 12 heteroatoms. The van der Waals surface area contributed by atoms with Crippen LogP contribution >= 0.6 is 0 Å². The third kappa shape index (κ3) is 11.9. The normalized spacial score (nSPS) is 13.8. The summed E-state index contributed by atoms with van der Waals surface area (Å²) in [5.41, 5.74) is 4.21. The van der Waals surface area contributed by atoms with Crippen molar-refractivity contribution >= 4 is 29.8 Å². The molecule has 0 saturated heterocycles. The Hall–Kier alpha value is -4.61. The Kier molecular flexibility index (Phi) is 13.2. The van der Waals surface area contributed by atoms with Crippen molar-refractivity contribution < 1.29 is 38.6 Å². The first kappa shape index (κ1) is 39.6. The van der Waals surface area contributed by atoms with Crippen molar-refractivity contribution in [2.24, 2.45) is 5.73 Å². The van der Waals surface area contributed by atoms with E-state index in [4.69, 9.17) is 15.2 Å². The number of alkyl carbamates (subject to hydrolysis) is 1. The number of nitrogens with zero attached hydrogens (tertiary/aromatic N) is 1. The number of carbonyl (C=O) groups is 5. The predicted octanol–water partition coefficient (Wildman–Crippen LogP) is 4.60. The van der Waals surface area contributed by atoms with E-state index in [1.54, 1.807) is 68.4 Å². The maximum Gasteiger partial charge on any atom is 0.408 e. The molecular formula is C36H52N4O8. The molecule has 264 valence electrons. The van der Waals surface area contributed by atoms with Gasteiger partial charge >= 0.3 is 12.1 Å². The summed E-state index contributed by atoms with van der Waals surface area (Å²) in [6.07, 6.45) is -1.09. The van der Waals surface area contributed by atoms with E-state index in [1.165, 1.54) is 17.0 Å². The Balaban J connectivity index is 2.75. The van der Waals surface area contributed by atoms with Gasteiger partial charge in [0, 0.05) is 12.0 Å². The first-order valence-electron chi connectivity index (χ1n) is 16.0. The fourth-order valence-corrected chi connectivity index (χ4v) is 4.90. The number of aryl methyl sites for hydroxylation is 1. The lowest BCUT2D eigenvalue weighted by Gasteiger charge is -2.44. The molecule has 0 aliphatic carbocycles. The number of carbonyl (C=O) groups excluding carboxylic acids is 5. The molecule has 12 nitrogen and oxygen atoms in total. The average molecular weight is 669 g/mol. The standard InChI is InChI=1S/C36H52N4O8/c1-11-36(9,10)40(31(44)25(21-28(37)42)39-33(46)48-35(6,7)8)29(24-17-18-27(41)22(2)19-24)30(43)38-26(32(45)47-34(3,4)5)20-23-15-13-12-14-16-23/h12-19,25-26,29,41H,11,20-21H2,1-10H3,(H2,37,42)(H,38,43)(H,39,46). The van der Waals surface area contributed by atoms with E-state index < -0.39 is 71.1 Å². The molecule has 0 spiro atoms. The number of amides is 4. The van der Waals surface area contributed by atoms with Crippen molar-refractivity contribution in [3.8, 4) is 5.75 Å². The van der Waals surface area contributed by atoms with Crippen LogP contribution in [0.25, 0.3) is 0 Å². The topological polar surface area (TPSA) is 177 Å². The molecule has 0 aliphatic rings. The van der Waals surface area contributed by atoms with Crippen LogP contribution in [0.4, 0.5) is 4.79 Å². The van der Waals surface area contributed by atoms with Crippen molar-refractivity contribution in [2.75, 3.05) is 0 Å². The minimum Gasteiger partial charge on any atom is -0.508 e. The summed E-state index contributed by atoms with van der Waals surface area (Å²) in [5, 5.41) is 15.6. The van der Waals surface area contributed by atoms with Gasteiger partial charge in [0.1, 0.15) is 35.1 Å². The molecule has 2 aromatic carbocycles. The lowest BCUT2D eigenvalue weighted by atomic mass is 9.90. The van der Waals surface area contributed by atoms with E-state index in [1.807, 2.05) is 37.3 Å². The zero-order valence-corrected chi connectivity index (χ0v) is 29.8. The van der Waals surface area contributed by atoms with Crippen LogP contribution in [0.2, 0.25) is 0 Å². The highest BCUT2D eigenvalue weighted by Crippen LogP contribution is 2.34. The summed E-state index contributed by atoms with van der Waals surface area (Å²) >= 11 is 0. The van der Waals surface area contributed by atoms with Crippen molar-refractivity contribution in [1.82, 2.24) is 15.5 Å². The number of hydrogen-bond donors (Lipinski definition) is 4. The van der Waals surface area contributed by atoms with E-state index >= 15 is 0 Å². The van der Waals surface area contributed by atoms with Crippen LogP contribution in [0.3, 0.4) is 0 Å². The first-order chi connectivity index (χ1) is 22.0. The van der Waals surface area contributed by atoms with Gasteiger partial charge in [0.2, 0.25) is 17.7 Å². The number of esters is 1.